The number of benzene rings is 2. The lowest BCUT2D eigenvalue weighted by molar-refractivity contribution is 0.0744. The third-order valence-corrected chi connectivity index (χ3v) is 5.43. The molecule has 1 aliphatic rings. The molecule has 0 radical (unpaired) electrons. The van der Waals surface area contributed by atoms with Gasteiger partial charge in [-0.3, -0.25) is 4.79 Å². The summed E-state index contributed by atoms with van der Waals surface area (Å²) in [6, 6.07) is 9.06. The number of anilines is 1. The highest BCUT2D eigenvalue weighted by molar-refractivity contribution is 6.45. The molecule has 2 aromatic rings. The van der Waals surface area contributed by atoms with Crippen molar-refractivity contribution in [1.82, 2.24) is 4.90 Å². The second-order valence-corrected chi connectivity index (χ2v) is 7.02. The number of ether oxygens (including phenoxy) is 1. The quantitative estimate of drug-likeness (QED) is 0.758. The summed E-state index contributed by atoms with van der Waals surface area (Å²) >= 11 is 18.0. The Bertz CT molecular complexity index is 810. The van der Waals surface area contributed by atoms with Crippen molar-refractivity contribution < 1.29 is 14.6 Å². The SMILES string of the molecule is COc1ccccc1N1CCN(C(=O)c2c(O)c(Cl)cc(Cl)c2Cl)CC1. The van der Waals surface area contributed by atoms with Crippen molar-refractivity contribution >= 4 is 46.4 Å². The molecule has 138 valence electrons. The van der Waals surface area contributed by atoms with Gasteiger partial charge in [-0.1, -0.05) is 46.9 Å². The maximum atomic E-state index is 12.8. The Morgan fingerprint density at radius 2 is 1.73 bits per heavy atom. The standard InChI is InChI=1S/C18H17Cl3N2O3/c1-26-14-5-3-2-4-13(14)22-6-8-23(9-7-22)18(25)15-16(21)11(19)10-12(20)17(15)24/h2-5,10,24H,6-9H2,1H3. The van der Waals surface area contributed by atoms with Gasteiger partial charge in [0.05, 0.1) is 27.9 Å². The largest absolute Gasteiger partial charge is 0.505 e. The predicted molar refractivity (Wildman–Crippen MR) is 104 cm³/mol. The van der Waals surface area contributed by atoms with Crippen LogP contribution in [0.5, 0.6) is 11.5 Å². The summed E-state index contributed by atoms with van der Waals surface area (Å²) < 4.78 is 5.40. The van der Waals surface area contributed by atoms with Crippen LogP contribution in [0.15, 0.2) is 30.3 Å². The summed E-state index contributed by atoms with van der Waals surface area (Å²) in [5.41, 5.74) is 0.920. The zero-order valence-electron chi connectivity index (χ0n) is 14.0. The molecule has 3 rings (SSSR count). The van der Waals surface area contributed by atoms with Crippen molar-refractivity contribution in [2.24, 2.45) is 0 Å². The highest BCUT2D eigenvalue weighted by Gasteiger charge is 2.28. The average molecular weight is 416 g/mol. The number of amides is 1. The summed E-state index contributed by atoms with van der Waals surface area (Å²) in [4.78, 5) is 16.6. The maximum Gasteiger partial charge on any atom is 0.259 e. The van der Waals surface area contributed by atoms with Crippen molar-refractivity contribution in [3.8, 4) is 11.5 Å². The first-order valence-corrected chi connectivity index (χ1v) is 9.11. The number of nitrogens with zero attached hydrogens (tertiary/aromatic N) is 2. The van der Waals surface area contributed by atoms with Gasteiger partial charge in [0, 0.05) is 26.2 Å². The monoisotopic (exact) mass is 414 g/mol. The number of para-hydroxylation sites is 2. The first-order valence-electron chi connectivity index (χ1n) is 7.97. The summed E-state index contributed by atoms with van der Waals surface area (Å²) in [6.07, 6.45) is 0. The molecule has 1 amide bonds. The van der Waals surface area contributed by atoms with E-state index in [-0.39, 0.29) is 26.4 Å². The molecule has 0 atom stereocenters. The van der Waals surface area contributed by atoms with E-state index < -0.39 is 5.91 Å². The Kier molecular flexibility index (Phi) is 5.70. The van der Waals surface area contributed by atoms with E-state index in [0.717, 1.165) is 11.4 Å². The van der Waals surface area contributed by atoms with Crippen LogP contribution in [0, 0.1) is 0 Å². The van der Waals surface area contributed by atoms with Gasteiger partial charge in [-0.05, 0) is 18.2 Å². The van der Waals surface area contributed by atoms with Gasteiger partial charge in [0.25, 0.3) is 5.91 Å². The predicted octanol–water partition coefficient (Wildman–Crippen LogP) is 4.32. The minimum absolute atomic E-state index is 0.00425. The topological polar surface area (TPSA) is 53.0 Å². The fraction of sp³-hybridized carbons (Fsp3) is 0.278. The molecule has 5 nitrogen and oxygen atoms in total. The van der Waals surface area contributed by atoms with Crippen LogP contribution in [-0.2, 0) is 0 Å². The number of hydrogen-bond acceptors (Lipinski definition) is 4. The van der Waals surface area contributed by atoms with Gasteiger partial charge < -0.3 is 19.6 Å². The molecule has 1 N–H and O–H groups in total. The minimum Gasteiger partial charge on any atom is -0.505 e. The molecule has 0 aromatic heterocycles. The van der Waals surface area contributed by atoms with Crippen molar-refractivity contribution in [3.05, 3.63) is 51.0 Å². The van der Waals surface area contributed by atoms with Gasteiger partial charge in [0.15, 0.2) is 0 Å². The molecule has 0 spiro atoms. The highest BCUT2D eigenvalue weighted by atomic mass is 35.5. The van der Waals surface area contributed by atoms with Crippen LogP contribution in [0.4, 0.5) is 5.69 Å². The second kappa shape index (κ2) is 7.82. The molecule has 0 bridgehead atoms. The number of phenols is 1. The van der Waals surface area contributed by atoms with Crippen LogP contribution < -0.4 is 9.64 Å². The van der Waals surface area contributed by atoms with Crippen LogP contribution in [0.3, 0.4) is 0 Å². The normalized spacial score (nSPS) is 14.5. The molecule has 0 saturated carbocycles. The second-order valence-electron chi connectivity index (χ2n) is 5.83. The number of rotatable bonds is 3. The van der Waals surface area contributed by atoms with Gasteiger partial charge in [-0.15, -0.1) is 0 Å². The third kappa shape index (κ3) is 3.52. The smallest absolute Gasteiger partial charge is 0.259 e. The van der Waals surface area contributed by atoms with Gasteiger partial charge in [0.1, 0.15) is 17.1 Å². The highest BCUT2D eigenvalue weighted by Crippen LogP contribution is 2.39. The number of carbonyl (C=O) groups excluding carboxylic acids is 1. The molecule has 1 fully saturated rings. The lowest BCUT2D eigenvalue weighted by atomic mass is 10.1. The lowest BCUT2D eigenvalue weighted by Crippen LogP contribution is -2.49. The molecular weight excluding hydrogens is 399 g/mol. The van der Waals surface area contributed by atoms with E-state index in [4.69, 9.17) is 39.5 Å². The van der Waals surface area contributed by atoms with Crippen LogP contribution in [0.1, 0.15) is 10.4 Å². The average Bonchev–Trinajstić information content (AvgIpc) is 2.66. The minimum atomic E-state index is -0.392. The zero-order valence-corrected chi connectivity index (χ0v) is 16.3. The summed E-state index contributed by atoms with van der Waals surface area (Å²) in [5.74, 6) is 0.0457. The van der Waals surface area contributed by atoms with Crippen LogP contribution in [0.2, 0.25) is 15.1 Å². The van der Waals surface area contributed by atoms with Gasteiger partial charge in [-0.25, -0.2) is 0 Å². The van der Waals surface area contributed by atoms with E-state index in [1.165, 1.54) is 6.07 Å². The van der Waals surface area contributed by atoms with Crippen molar-refractivity contribution in [2.45, 2.75) is 0 Å². The van der Waals surface area contributed by atoms with Gasteiger partial charge >= 0.3 is 0 Å². The number of carbonyl (C=O) groups is 1. The van der Waals surface area contributed by atoms with E-state index in [1.807, 2.05) is 24.3 Å². The summed E-state index contributed by atoms with van der Waals surface area (Å²) in [5, 5.41) is 10.3. The molecule has 1 heterocycles. The van der Waals surface area contributed by atoms with E-state index in [1.54, 1.807) is 12.0 Å². The molecular formula is C18H17Cl3N2O3. The molecule has 26 heavy (non-hydrogen) atoms. The molecule has 8 heteroatoms. The Morgan fingerprint density at radius 1 is 1.08 bits per heavy atom. The number of aromatic hydroxyl groups is 1. The number of methoxy groups -OCH3 is 1. The van der Waals surface area contributed by atoms with E-state index in [2.05, 4.69) is 4.90 Å². The van der Waals surface area contributed by atoms with E-state index >= 15 is 0 Å². The Balaban J connectivity index is 1.78. The maximum absolute atomic E-state index is 12.8. The van der Waals surface area contributed by atoms with Crippen molar-refractivity contribution in [3.63, 3.8) is 0 Å². The van der Waals surface area contributed by atoms with E-state index in [0.29, 0.717) is 26.2 Å². The zero-order chi connectivity index (χ0) is 18.8. The van der Waals surface area contributed by atoms with Crippen LogP contribution in [0.25, 0.3) is 0 Å². The fourth-order valence-corrected chi connectivity index (χ4v) is 3.67. The Labute approximate surface area is 166 Å². The van der Waals surface area contributed by atoms with E-state index in [9.17, 15) is 9.90 Å². The van der Waals surface area contributed by atoms with Crippen molar-refractivity contribution in [2.75, 3.05) is 38.2 Å². The molecule has 1 aliphatic heterocycles. The Morgan fingerprint density at radius 3 is 2.38 bits per heavy atom. The Hall–Kier alpha value is -1.82. The number of phenolic OH excluding ortho intramolecular Hbond substituents is 1. The molecule has 0 unspecified atom stereocenters. The van der Waals surface area contributed by atoms with Crippen LogP contribution >= 0.6 is 34.8 Å². The lowest BCUT2D eigenvalue weighted by Gasteiger charge is -2.36. The summed E-state index contributed by atoms with van der Waals surface area (Å²) in [7, 11) is 1.63. The first-order chi connectivity index (χ1) is 12.4. The fourth-order valence-electron chi connectivity index (χ4n) is 2.98. The van der Waals surface area contributed by atoms with Gasteiger partial charge in [0.2, 0.25) is 0 Å². The number of halogens is 3. The first kappa shape index (κ1) is 19.0. The van der Waals surface area contributed by atoms with Gasteiger partial charge in [-0.2, -0.15) is 0 Å². The number of piperazine rings is 1. The molecule has 0 aliphatic carbocycles. The van der Waals surface area contributed by atoms with Crippen molar-refractivity contribution in [1.29, 1.82) is 0 Å². The molecule has 1 saturated heterocycles. The molecule has 2 aromatic carbocycles. The third-order valence-electron chi connectivity index (χ3n) is 4.35. The number of hydrogen-bond donors (Lipinski definition) is 1. The summed E-state index contributed by atoms with van der Waals surface area (Å²) in [6.45, 7) is 2.19. The van der Waals surface area contributed by atoms with Crippen LogP contribution in [-0.4, -0.2) is 49.2 Å².